The highest BCUT2D eigenvalue weighted by Gasteiger charge is 2.61. The number of allylic oxidation sites excluding steroid dienone is 2. The Kier molecular flexibility index (Phi) is 6.29. The summed E-state index contributed by atoms with van der Waals surface area (Å²) in [7, 11) is 0. The summed E-state index contributed by atoms with van der Waals surface area (Å²) in [6, 6.07) is 9.51. The number of nitriles is 1. The molecule has 25 heavy (non-hydrogen) atoms. The fraction of sp³-hybridized carbons (Fsp3) is 0.400. The van der Waals surface area contributed by atoms with Gasteiger partial charge in [0.05, 0.1) is 9.31 Å². The summed E-state index contributed by atoms with van der Waals surface area (Å²) in [4.78, 5) is 12.7. The molecule has 3 unspecified atom stereocenters. The van der Waals surface area contributed by atoms with Gasteiger partial charge in [-0.1, -0.05) is 49.8 Å². The molecule has 0 aromatic heterocycles. The zero-order valence-electron chi connectivity index (χ0n) is 14.7. The van der Waals surface area contributed by atoms with Crippen molar-refractivity contribution in [2.24, 2.45) is 17.3 Å². The lowest BCUT2D eigenvalue weighted by Gasteiger charge is -2.14. The quantitative estimate of drug-likeness (QED) is 0.387. The minimum Gasteiger partial charge on any atom is -0.442 e. The van der Waals surface area contributed by atoms with Crippen LogP contribution in [0.4, 0.5) is 0 Å². The van der Waals surface area contributed by atoms with E-state index in [4.69, 9.17) is 4.74 Å². The first-order valence-electron chi connectivity index (χ1n) is 8.05. The molecular weight excluding hydrogens is 446 g/mol. The van der Waals surface area contributed by atoms with Gasteiger partial charge >= 0.3 is 5.97 Å². The largest absolute Gasteiger partial charge is 0.442 e. The van der Waals surface area contributed by atoms with Crippen molar-refractivity contribution in [3.8, 4) is 6.07 Å². The minimum atomic E-state index is -0.928. The van der Waals surface area contributed by atoms with Crippen LogP contribution in [-0.2, 0) is 9.53 Å². The van der Waals surface area contributed by atoms with Gasteiger partial charge in [-0.2, -0.15) is 5.26 Å². The molecule has 0 radical (unpaired) electrons. The molecule has 1 saturated carbocycles. The van der Waals surface area contributed by atoms with Crippen LogP contribution >= 0.6 is 31.9 Å². The summed E-state index contributed by atoms with van der Waals surface area (Å²) in [5.41, 5.74) is 2.54. The molecule has 0 saturated heterocycles. The third kappa shape index (κ3) is 4.62. The summed E-state index contributed by atoms with van der Waals surface area (Å²) < 4.78 is 6.34. The highest BCUT2D eigenvalue weighted by Crippen LogP contribution is 2.60. The van der Waals surface area contributed by atoms with E-state index in [1.54, 1.807) is 0 Å². The van der Waals surface area contributed by atoms with Crippen molar-refractivity contribution in [3.05, 3.63) is 50.4 Å². The molecule has 1 fully saturated rings. The van der Waals surface area contributed by atoms with E-state index in [1.807, 2.05) is 44.2 Å². The lowest BCUT2D eigenvalue weighted by atomic mass is 10.0. The van der Waals surface area contributed by atoms with Gasteiger partial charge in [0.1, 0.15) is 6.07 Å². The van der Waals surface area contributed by atoms with Crippen LogP contribution in [0.15, 0.2) is 39.3 Å². The minimum absolute atomic E-state index is 0.132. The Bertz CT molecular complexity index is 766. The molecule has 3 nitrogen and oxygen atoms in total. The van der Waals surface area contributed by atoms with Gasteiger partial charge in [-0.25, -0.2) is 0 Å². The van der Waals surface area contributed by atoms with Gasteiger partial charge in [0.15, 0.2) is 0 Å². The fourth-order valence-electron chi connectivity index (χ4n) is 3.15. The number of carbonyl (C=O) groups is 1. The molecule has 0 aliphatic heterocycles. The van der Waals surface area contributed by atoms with Crippen molar-refractivity contribution < 1.29 is 9.53 Å². The Morgan fingerprint density at radius 3 is 2.52 bits per heavy atom. The standard InChI is InChI=1S/C20H21Br2NO2/c1-12(2)9-15-18(20(15,3)4)19(24)25-16(11-23)14-8-6-5-7-13(14)10-17(21)22/h5-10,15-16,18H,1-4H3. The molecular formula is C20H21Br2NO2. The number of ether oxygens (including phenoxy) is 1. The SMILES string of the molecule is CC(C)=CC1C(C(=O)OC(C#N)c2ccccc2C=C(Br)Br)C1(C)C. The van der Waals surface area contributed by atoms with E-state index in [0.717, 1.165) is 8.96 Å². The van der Waals surface area contributed by atoms with Crippen molar-refractivity contribution in [2.45, 2.75) is 33.8 Å². The molecule has 1 aromatic rings. The molecule has 0 spiro atoms. The topological polar surface area (TPSA) is 50.1 Å². The second-order valence-electron chi connectivity index (χ2n) is 7.08. The van der Waals surface area contributed by atoms with Crippen LogP contribution in [0.2, 0.25) is 0 Å². The Hall–Kier alpha value is -1.38. The van der Waals surface area contributed by atoms with Crippen molar-refractivity contribution in [2.75, 3.05) is 0 Å². The zero-order valence-corrected chi connectivity index (χ0v) is 17.9. The number of nitrogens with zero attached hydrogens (tertiary/aromatic N) is 1. The molecule has 3 atom stereocenters. The third-order valence-corrected chi connectivity index (χ3v) is 5.03. The average Bonchev–Trinajstić information content (AvgIpc) is 3.04. The molecule has 0 heterocycles. The highest BCUT2D eigenvalue weighted by molar-refractivity contribution is 9.28. The second-order valence-corrected chi connectivity index (χ2v) is 9.85. The molecule has 1 aliphatic rings. The number of rotatable bonds is 5. The molecule has 5 heteroatoms. The first-order valence-corrected chi connectivity index (χ1v) is 9.63. The van der Waals surface area contributed by atoms with Crippen molar-refractivity contribution in [1.82, 2.24) is 0 Å². The number of hydrogen-bond acceptors (Lipinski definition) is 3. The van der Waals surface area contributed by atoms with E-state index in [-0.39, 0.29) is 23.2 Å². The highest BCUT2D eigenvalue weighted by atomic mass is 79.9. The lowest BCUT2D eigenvalue weighted by Crippen LogP contribution is -2.15. The van der Waals surface area contributed by atoms with Crippen molar-refractivity contribution in [1.29, 1.82) is 5.26 Å². The van der Waals surface area contributed by atoms with Gasteiger partial charge in [-0.05, 0) is 68.7 Å². The van der Waals surface area contributed by atoms with Crippen LogP contribution in [0.25, 0.3) is 6.08 Å². The molecule has 2 rings (SSSR count). The van der Waals surface area contributed by atoms with Crippen LogP contribution < -0.4 is 0 Å². The number of benzene rings is 1. The predicted molar refractivity (Wildman–Crippen MR) is 107 cm³/mol. The maximum absolute atomic E-state index is 12.7. The summed E-state index contributed by atoms with van der Waals surface area (Å²) >= 11 is 6.65. The molecule has 0 N–H and O–H groups in total. The molecule has 0 amide bonds. The van der Waals surface area contributed by atoms with Crippen LogP contribution in [0.3, 0.4) is 0 Å². The Morgan fingerprint density at radius 1 is 1.32 bits per heavy atom. The van der Waals surface area contributed by atoms with Gasteiger partial charge in [0.2, 0.25) is 6.10 Å². The third-order valence-electron chi connectivity index (χ3n) is 4.57. The first kappa shape index (κ1) is 19.9. The van der Waals surface area contributed by atoms with E-state index < -0.39 is 6.10 Å². The average molecular weight is 467 g/mol. The van der Waals surface area contributed by atoms with Gasteiger partial charge in [-0.15, -0.1) is 0 Å². The van der Waals surface area contributed by atoms with E-state index >= 15 is 0 Å². The van der Waals surface area contributed by atoms with Gasteiger partial charge in [0.25, 0.3) is 0 Å². The van der Waals surface area contributed by atoms with Crippen LogP contribution in [0.1, 0.15) is 44.9 Å². The van der Waals surface area contributed by atoms with Gasteiger partial charge in [0, 0.05) is 5.56 Å². The molecule has 1 aromatic carbocycles. The fourth-order valence-corrected chi connectivity index (χ4v) is 3.64. The first-order chi connectivity index (χ1) is 11.7. The van der Waals surface area contributed by atoms with Crippen LogP contribution in [-0.4, -0.2) is 5.97 Å². The second kappa shape index (κ2) is 7.88. The van der Waals surface area contributed by atoms with Crippen LogP contribution in [0, 0.1) is 28.6 Å². The molecule has 0 bridgehead atoms. The zero-order chi connectivity index (χ0) is 18.8. The Labute approximate surface area is 166 Å². The van der Waals surface area contributed by atoms with Gasteiger partial charge in [-0.3, -0.25) is 4.79 Å². The van der Waals surface area contributed by atoms with Gasteiger partial charge < -0.3 is 4.74 Å². The van der Waals surface area contributed by atoms with Crippen molar-refractivity contribution >= 4 is 43.9 Å². The summed E-state index contributed by atoms with van der Waals surface area (Å²) in [5.74, 6) is -0.351. The van der Waals surface area contributed by atoms with Crippen LogP contribution in [0.5, 0.6) is 0 Å². The van der Waals surface area contributed by atoms with E-state index in [1.165, 1.54) is 5.57 Å². The number of hydrogen-bond donors (Lipinski definition) is 0. The number of carbonyl (C=O) groups excluding carboxylic acids is 1. The Balaban J connectivity index is 2.22. The summed E-state index contributed by atoms with van der Waals surface area (Å²) in [6.07, 6.45) is 3.02. The van der Waals surface area contributed by atoms with Crippen molar-refractivity contribution in [3.63, 3.8) is 0 Å². The summed E-state index contributed by atoms with van der Waals surface area (Å²) in [6.45, 7) is 8.16. The van der Waals surface area contributed by atoms with E-state index in [9.17, 15) is 10.1 Å². The molecule has 132 valence electrons. The summed E-state index contributed by atoms with van der Waals surface area (Å²) in [5, 5.41) is 9.55. The lowest BCUT2D eigenvalue weighted by molar-refractivity contribution is -0.149. The number of halogens is 2. The normalized spacial score (nSPS) is 21.5. The maximum atomic E-state index is 12.7. The maximum Gasteiger partial charge on any atom is 0.311 e. The van der Waals surface area contributed by atoms with E-state index in [0.29, 0.717) is 5.56 Å². The monoisotopic (exact) mass is 465 g/mol. The number of esters is 1. The smallest absolute Gasteiger partial charge is 0.311 e. The molecule has 1 aliphatic carbocycles. The van der Waals surface area contributed by atoms with E-state index in [2.05, 4.69) is 57.9 Å². The Morgan fingerprint density at radius 2 is 1.96 bits per heavy atom. The predicted octanol–water partition coefficient (Wildman–Crippen LogP) is 6.12.